The largest absolute Gasteiger partial charge is 0.497 e. The smallest absolute Gasteiger partial charge is 0.317 e. The molecule has 0 unspecified atom stereocenters. The van der Waals surface area contributed by atoms with E-state index in [0.717, 1.165) is 43.5 Å². The van der Waals surface area contributed by atoms with Crippen LogP contribution in [0.3, 0.4) is 0 Å². The molecule has 0 spiro atoms. The van der Waals surface area contributed by atoms with Crippen molar-refractivity contribution in [3.05, 3.63) is 29.8 Å². The van der Waals surface area contributed by atoms with E-state index >= 15 is 0 Å². The number of nitrogens with one attached hydrogen (secondary N) is 1. The van der Waals surface area contributed by atoms with Crippen LogP contribution in [-0.4, -0.2) is 31.6 Å². The lowest BCUT2D eigenvalue weighted by Crippen LogP contribution is -2.43. The van der Waals surface area contributed by atoms with E-state index in [4.69, 9.17) is 4.74 Å². The third-order valence-corrected chi connectivity index (χ3v) is 3.93. The van der Waals surface area contributed by atoms with Gasteiger partial charge in [-0.05, 0) is 37.0 Å². The van der Waals surface area contributed by atoms with Crippen LogP contribution < -0.4 is 10.1 Å². The SMILES string of the molecule is CCCCN(C)C(=O)NC1(c2ccc(OC)cc2)CC1. The number of nitrogens with zero attached hydrogens (tertiary/aromatic N) is 1. The van der Waals surface area contributed by atoms with Gasteiger partial charge in [0.1, 0.15) is 5.75 Å². The highest BCUT2D eigenvalue weighted by Crippen LogP contribution is 2.45. The van der Waals surface area contributed by atoms with Gasteiger partial charge in [-0.1, -0.05) is 25.5 Å². The number of unbranched alkanes of at least 4 members (excludes halogenated alkanes) is 1. The standard InChI is InChI=1S/C16H24N2O2/c1-4-5-12-18(2)15(19)17-16(10-11-16)13-6-8-14(20-3)9-7-13/h6-9H,4-5,10-12H2,1-3H3,(H,17,19). The summed E-state index contributed by atoms with van der Waals surface area (Å²) in [5, 5.41) is 3.18. The normalized spacial score (nSPS) is 15.6. The van der Waals surface area contributed by atoms with E-state index < -0.39 is 0 Å². The van der Waals surface area contributed by atoms with Gasteiger partial charge in [-0.3, -0.25) is 0 Å². The van der Waals surface area contributed by atoms with Crippen molar-refractivity contribution in [3.63, 3.8) is 0 Å². The van der Waals surface area contributed by atoms with Crippen molar-refractivity contribution in [2.45, 2.75) is 38.1 Å². The summed E-state index contributed by atoms with van der Waals surface area (Å²) >= 11 is 0. The van der Waals surface area contributed by atoms with Crippen LogP contribution in [0, 0.1) is 0 Å². The molecule has 1 saturated carbocycles. The van der Waals surface area contributed by atoms with E-state index in [1.54, 1.807) is 12.0 Å². The molecule has 0 bridgehead atoms. The molecule has 0 aromatic heterocycles. The van der Waals surface area contributed by atoms with Crippen LogP contribution in [0.5, 0.6) is 5.75 Å². The molecule has 0 radical (unpaired) electrons. The summed E-state index contributed by atoms with van der Waals surface area (Å²) in [6, 6.07) is 7.99. The van der Waals surface area contributed by atoms with Gasteiger partial charge in [0.15, 0.2) is 0 Å². The molecular weight excluding hydrogens is 252 g/mol. The lowest BCUT2D eigenvalue weighted by atomic mass is 10.1. The minimum Gasteiger partial charge on any atom is -0.497 e. The minimum absolute atomic E-state index is 0.0202. The van der Waals surface area contributed by atoms with E-state index in [2.05, 4.69) is 12.2 Å². The predicted molar refractivity (Wildman–Crippen MR) is 80.0 cm³/mol. The lowest BCUT2D eigenvalue weighted by molar-refractivity contribution is 0.202. The molecule has 1 aliphatic carbocycles. The Morgan fingerprint density at radius 1 is 1.35 bits per heavy atom. The number of rotatable bonds is 6. The third-order valence-electron chi connectivity index (χ3n) is 3.93. The number of methoxy groups -OCH3 is 1. The van der Waals surface area contributed by atoms with Crippen molar-refractivity contribution in [2.24, 2.45) is 0 Å². The highest BCUT2D eigenvalue weighted by atomic mass is 16.5. The van der Waals surface area contributed by atoms with E-state index in [0.29, 0.717) is 0 Å². The Morgan fingerprint density at radius 2 is 2.00 bits per heavy atom. The van der Waals surface area contributed by atoms with Crippen molar-refractivity contribution in [2.75, 3.05) is 20.7 Å². The van der Waals surface area contributed by atoms with Crippen LogP contribution in [0.1, 0.15) is 38.2 Å². The van der Waals surface area contributed by atoms with Crippen LogP contribution in [-0.2, 0) is 5.54 Å². The van der Waals surface area contributed by atoms with Crippen molar-refractivity contribution in [1.82, 2.24) is 10.2 Å². The summed E-state index contributed by atoms with van der Waals surface area (Å²) in [5.41, 5.74) is 1.000. The summed E-state index contributed by atoms with van der Waals surface area (Å²) in [5.74, 6) is 0.843. The van der Waals surface area contributed by atoms with E-state index in [1.807, 2.05) is 31.3 Å². The number of ether oxygens (including phenoxy) is 1. The summed E-state index contributed by atoms with van der Waals surface area (Å²) in [7, 11) is 3.52. The van der Waals surface area contributed by atoms with Gasteiger partial charge in [0.05, 0.1) is 12.6 Å². The molecule has 0 heterocycles. The molecule has 2 amide bonds. The van der Waals surface area contributed by atoms with Gasteiger partial charge in [0, 0.05) is 13.6 Å². The zero-order valence-corrected chi connectivity index (χ0v) is 12.6. The van der Waals surface area contributed by atoms with Crippen molar-refractivity contribution < 1.29 is 9.53 Å². The minimum atomic E-state index is -0.163. The topological polar surface area (TPSA) is 41.6 Å². The zero-order chi connectivity index (χ0) is 14.6. The zero-order valence-electron chi connectivity index (χ0n) is 12.6. The van der Waals surface area contributed by atoms with Crippen molar-refractivity contribution in [3.8, 4) is 5.75 Å². The fourth-order valence-electron chi connectivity index (χ4n) is 2.32. The highest BCUT2D eigenvalue weighted by molar-refractivity contribution is 5.75. The summed E-state index contributed by atoms with van der Waals surface area (Å²) in [6.07, 6.45) is 4.15. The first-order chi connectivity index (χ1) is 9.61. The Morgan fingerprint density at radius 3 is 2.50 bits per heavy atom. The number of carbonyl (C=O) groups excluding carboxylic acids is 1. The second-order valence-corrected chi connectivity index (χ2v) is 5.52. The monoisotopic (exact) mass is 276 g/mol. The summed E-state index contributed by atoms with van der Waals surface area (Å²) in [4.78, 5) is 14.0. The number of carbonyl (C=O) groups is 1. The molecule has 1 aliphatic rings. The number of hydrogen-bond acceptors (Lipinski definition) is 2. The van der Waals surface area contributed by atoms with Gasteiger partial charge < -0.3 is 15.0 Å². The highest BCUT2D eigenvalue weighted by Gasteiger charge is 2.46. The van der Waals surface area contributed by atoms with E-state index in [9.17, 15) is 4.79 Å². The summed E-state index contributed by atoms with van der Waals surface area (Å²) < 4.78 is 5.17. The third kappa shape index (κ3) is 3.24. The van der Waals surface area contributed by atoms with Crippen LogP contribution in [0.2, 0.25) is 0 Å². The molecule has 20 heavy (non-hydrogen) atoms. The number of benzene rings is 1. The molecule has 4 heteroatoms. The second-order valence-electron chi connectivity index (χ2n) is 5.52. The average Bonchev–Trinajstić information content (AvgIpc) is 3.25. The molecule has 1 fully saturated rings. The van der Waals surface area contributed by atoms with Crippen LogP contribution in [0.15, 0.2) is 24.3 Å². The Bertz CT molecular complexity index is 452. The molecule has 4 nitrogen and oxygen atoms in total. The number of urea groups is 1. The van der Waals surface area contributed by atoms with Gasteiger partial charge in [0.2, 0.25) is 0 Å². The molecule has 0 atom stereocenters. The van der Waals surface area contributed by atoms with Gasteiger partial charge in [-0.2, -0.15) is 0 Å². The fourth-order valence-corrected chi connectivity index (χ4v) is 2.32. The first-order valence-corrected chi connectivity index (χ1v) is 7.29. The molecule has 0 saturated heterocycles. The van der Waals surface area contributed by atoms with E-state index in [-0.39, 0.29) is 11.6 Å². The molecule has 1 aromatic rings. The van der Waals surface area contributed by atoms with Crippen molar-refractivity contribution in [1.29, 1.82) is 0 Å². The van der Waals surface area contributed by atoms with Crippen LogP contribution >= 0.6 is 0 Å². The molecule has 1 N–H and O–H groups in total. The molecule has 0 aliphatic heterocycles. The molecular formula is C16H24N2O2. The van der Waals surface area contributed by atoms with Crippen LogP contribution in [0.4, 0.5) is 4.79 Å². The average molecular weight is 276 g/mol. The molecule has 110 valence electrons. The quantitative estimate of drug-likeness (QED) is 0.867. The first kappa shape index (κ1) is 14.7. The van der Waals surface area contributed by atoms with Gasteiger partial charge in [0.25, 0.3) is 0 Å². The fraction of sp³-hybridized carbons (Fsp3) is 0.562. The maximum atomic E-state index is 12.2. The maximum absolute atomic E-state index is 12.2. The van der Waals surface area contributed by atoms with E-state index in [1.165, 1.54) is 0 Å². The Kier molecular flexibility index (Phi) is 4.53. The van der Waals surface area contributed by atoms with Crippen molar-refractivity contribution >= 4 is 6.03 Å². The van der Waals surface area contributed by atoms with Gasteiger partial charge in [-0.25, -0.2) is 4.79 Å². The lowest BCUT2D eigenvalue weighted by Gasteiger charge is -2.23. The number of amides is 2. The number of hydrogen-bond donors (Lipinski definition) is 1. The Labute approximate surface area is 121 Å². The van der Waals surface area contributed by atoms with Gasteiger partial charge >= 0.3 is 6.03 Å². The molecule has 1 aromatic carbocycles. The maximum Gasteiger partial charge on any atom is 0.317 e. The van der Waals surface area contributed by atoms with Crippen LogP contribution in [0.25, 0.3) is 0 Å². The first-order valence-electron chi connectivity index (χ1n) is 7.29. The van der Waals surface area contributed by atoms with Gasteiger partial charge in [-0.15, -0.1) is 0 Å². The Hall–Kier alpha value is -1.71. The Balaban J connectivity index is 1.98. The summed E-state index contributed by atoms with van der Waals surface area (Å²) in [6.45, 7) is 2.94. The second kappa shape index (κ2) is 6.16. The predicted octanol–water partition coefficient (Wildman–Crippen LogP) is 3.13. The molecule has 2 rings (SSSR count).